The van der Waals surface area contributed by atoms with E-state index in [-0.39, 0.29) is 11.9 Å². The zero-order chi connectivity index (χ0) is 21.2. The maximum Gasteiger partial charge on any atom is 0.261 e. The Hall–Kier alpha value is -2.97. The van der Waals surface area contributed by atoms with E-state index in [9.17, 15) is 4.79 Å². The lowest BCUT2D eigenvalue weighted by Gasteiger charge is -2.31. The molecule has 1 fully saturated rings. The van der Waals surface area contributed by atoms with Crippen molar-refractivity contribution in [2.24, 2.45) is 0 Å². The van der Waals surface area contributed by atoms with Crippen LogP contribution in [0.5, 0.6) is 0 Å². The van der Waals surface area contributed by atoms with E-state index >= 15 is 0 Å². The Balaban J connectivity index is 1.31. The van der Waals surface area contributed by atoms with Gasteiger partial charge < -0.3 is 20.5 Å². The van der Waals surface area contributed by atoms with Crippen LogP contribution in [0.1, 0.15) is 35.9 Å². The summed E-state index contributed by atoms with van der Waals surface area (Å²) >= 11 is 1.41. The fraction of sp³-hybridized carbons (Fsp3) is 0.348. The SMILES string of the molecule is CCCN1CCC(NC(=O)c2cc3c(Nc4ccc5[nH]ccc5c4)ncnc3s2)CC1. The van der Waals surface area contributed by atoms with Gasteiger partial charge in [-0.15, -0.1) is 11.3 Å². The summed E-state index contributed by atoms with van der Waals surface area (Å²) in [6, 6.07) is 10.3. The second kappa shape index (κ2) is 8.64. The van der Waals surface area contributed by atoms with Gasteiger partial charge in [-0.1, -0.05) is 6.92 Å². The molecule has 0 radical (unpaired) electrons. The summed E-state index contributed by atoms with van der Waals surface area (Å²) in [5, 5.41) is 8.60. The van der Waals surface area contributed by atoms with Gasteiger partial charge in [0, 0.05) is 41.9 Å². The lowest BCUT2D eigenvalue weighted by atomic mass is 10.0. The van der Waals surface area contributed by atoms with E-state index < -0.39 is 0 Å². The molecule has 0 bridgehead atoms. The molecule has 1 aliphatic heterocycles. The van der Waals surface area contributed by atoms with Crippen molar-refractivity contribution in [3.63, 3.8) is 0 Å². The minimum absolute atomic E-state index is 0.0170. The molecule has 0 atom stereocenters. The number of aromatic amines is 1. The topological polar surface area (TPSA) is 85.9 Å². The second-order valence-corrected chi connectivity index (χ2v) is 9.08. The summed E-state index contributed by atoms with van der Waals surface area (Å²) in [7, 11) is 0. The third kappa shape index (κ3) is 4.26. The highest BCUT2D eigenvalue weighted by Crippen LogP contribution is 2.31. The Morgan fingerprint density at radius 3 is 2.94 bits per heavy atom. The molecule has 160 valence electrons. The van der Waals surface area contributed by atoms with Crippen molar-refractivity contribution in [3.05, 3.63) is 47.7 Å². The summed E-state index contributed by atoms with van der Waals surface area (Å²) < 4.78 is 0. The summed E-state index contributed by atoms with van der Waals surface area (Å²) in [6.45, 7) is 5.45. The number of fused-ring (bicyclic) bond motifs is 2. The van der Waals surface area contributed by atoms with Crippen molar-refractivity contribution in [1.29, 1.82) is 0 Å². The lowest BCUT2D eigenvalue weighted by Crippen LogP contribution is -2.44. The van der Waals surface area contributed by atoms with Crippen LogP contribution in [0.2, 0.25) is 0 Å². The summed E-state index contributed by atoms with van der Waals surface area (Å²) in [6.07, 6.45) is 6.65. The van der Waals surface area contributed by atoms with Crippen LogP contribution < -0.4 is 10.6 Å². The average Bonchev–Trinajstić information content (AvgIpc) is 3.42. The van der Waals surface area contributed by atoms with Crippen molar-refractivity contribution in [1.82, 2.24) is 25.2 Å². The smallest absolute Gasteiger partial charge is 0.261 e. The number of hydrogen-bond donors (Lipinski definition) is 3. The highest BCUT2D eigenvalue weighted by atomic mass is 32.1. The van der Waals surface area contributed by atoms with Gasteiger partial charge in [-0.2, -0.15) is 0 Å². The van der Waals surface area contributed by atoms with Gasteiger partial charge in [0.15, 0.2) is 0 Å². The minimum atomic E-state index is -0.0170. The number of carbonyl (C=O) groups is 1. The van der Waals surface area contributed by atoms with Crippen molar-refractivity contribution in [2.75, 3.05) is 25.0 Å². The zero-order valence-corrected chi connectivity index (χ0v) is 18.3. The summed E-state index contributed by atoms with van der Waals surface area (Å²) in [5.41, 5.74) is 2.04. The first-order chi connectivity index (χ1) is 15.2. The quantitative estimate of drug-likeness (QED) is 0.415. The molecule has 1 aliphatic rings. The van der Waals surface area contributed by atoms with E-state index in [4.69, 9.17) is 0 Å². The molecule has 0 unspecified atom stereocenters. The molecule has 1 amide bonds. The summed E-state index contributed by atoms with van der Waals surface area (Å²) in [5.74, 6) is 0.694. The van der Waals surface area contributed by atoms with Crippen LogP contribution in [0.3, 0.4) is 0 Å². The van der Waals surface area contributed by atoms with E-state index in [2.05, 4.69) is 43.5 Å². The minimum Gasteiger partial charge on any atom is -0.361 e. The number of rotatable bonds is 6. The van der Waals surface area contributed by atoms with Gasteiger partial charge in [-0.05, 0) is 56.1 Å². The van der Waals surface area contributed by atoms with Crippen LogP contribution in [0.25, 0.3) is 21.1 Å². The number of anilines is 2. The zero-order valence-electron chi connectivity index (χ0n) is 17.5. The van der Waals surface area contributed by atoms with Crippen LogP contribution in [-0.4, -0.2) is 51.4 Å². The monoisotopic (exact) mass is 434 g/mol. The number of H-pyrrole nitrogens is 1. The van der Waals surface area contributed by atoms with Gasteiger partial charge in [0.2, 0.25) is 0 Å². The van der Waals surface area contributed by atoms with Crippen LogP contribution in [0.4, 0.5) is 11.5 Å². The molecule has 8 heteroatoms. The standard InChI is InChI=1S/C23H26N6OS/c1-2-9-29-10-6-16(7-11-29)28-22(30)20-13-18-21(25-14-26-23(18)31-20)27-17-3-4-19-15(12-17)5-8-24-19/h3-5,8,12-14,16,24H,2,6-7,9-11H2,1H3,(H,28,30)(H,25,26,27). The molecule has 7 nitrogen and oxygen atoms in total. The van der Waals surface area contributed by atoms with E-state index in [1.165, 1.54) is 17.8 Å². The first-order valence-corrected chi connectivity index (χ1v) is 11.6. The second-order valence-electron chi connectivity index (χ2n) is 8.05. The van der Waals surface area contributed by atoms with E-state index in [1.807, 2.05) is 30.5 Å². The highest BCUT2D eigenvalue weighted by Gasteiger charge is 2.22. The first-order valence-electron chi connectivity index (χ1n) is 10.8. The fourth-order valence-electron chi connectivity index (χ4n) is 4.21. The number of amides is 1. The van der Waals surface area contributed by atoms with E-state index in [0.717, 1.165) is 59.3 Å². The van der Waals surface area contributed by atoms with Crippen molar-refractivity contribution in [3.8, 4) is 0 Å². The third-order valence-electron chi connectivity index (χ3n) is 5.83. The number of aromatic nitrogens is 3. The van der Waals surface area contributed by atoms with Gasteiger partial charge in [0.1, 0.15) is 17.0 Å². The number of likely N-dealkylation sites (tertiary alicyclic amines) is 1. The third-order valence-corrected chi connectivity index (χ3v) is 6.87. The maximum atomic E-state index is 12.9. The van der Waals surface area contributed by atoms with Gasteiger partial charge in [-0.25, -0.2) is 9.97 Å². The Kier molecular flexibility index (Phi) is 5.57. The fourth-order valence-corrected chi connectivity index (χ4v) is 5.11. The molecule has 1 aromatic carbocycles. The average molecular weight is 435 g/mol. The van der Waals surface area contributed by atoms with Crippen LogP contribution in [-0.2, 0) is 0 Å². The predicted molar refractivity (Wildman–Crippen MR) is 126 cm³/mol. The van der Waals surface area contributed by atoms with Gasteiger partial charge in [0.05, 0.1) is 10.3 Å². The summed E-state index contributed by atoms with van der Waals surface area (Å²) in [4.78, 5) is 28.9. The van der Waals surface area contributed by atoms with Crippen molar-refractivity contribution in [2.45, 2.75) is 32.2 Å². The molecule has 5 rings (SSSR count). The molecule has 3 aromatic heterocycles. The number of piperidine rings is 1. The number of hydrogen-bond acceptors (Lipinski definition) is 6. The Bertz CT molecular complexity index is 1210. The van der Waals surface area contributed by atoms with Crippen LogP contribution in [0.15, 0.2) is 42.9 Å². The molecule has 4 aromatic rings. The Morgan fingerprint density at radius 1 is 1.23 bits per heavy atom. The van der Waals surface area contributed by atoms with E-state index in [1.54, 1.807) is 6.33 Å². The Morgan fingerprint density at radius 2 is 2.10 bits per heavy atom. The molecule has 1 saturated heterocycles. The number of nitrogens with zero attached hydrogens (tertiary/aromatic N) is 3. The molecule has 0 aliphatic carbocycles. The highest BCUT2D eigenvalue weighted by molar-refractivity contribution is 7.20. The number of nitrogens with one attached hydrogen (secondary N) is 3. The van der Waals surface area contributed by atoms with Gasteiger partial charge in [0.25, 0.3) is 5.91 Å². The molecule has 0 spiro atoms. The number of thiophene rings is 1. The van der Waals surface area contributed by atoms with Crippen LogP contribution >= 0.6 is 11.3 Å². The van der Waals surface area contributed by atoms with E-state index in [0.29, 0.717) is 10.7 Å². The normalized spacial score (nSPS) is 15.5. The molecule has 4 heterocycles. The number of carbonyl (C=O) groups excluding carboxylic acids is 1. The molecule has 0 saturated carbocycles. The van der Waals surface area contributed by atoms with Gasteiger partial charge >= 0.3 is 0 Å². The molecular formula is C23H26N6OS. The van der Waals surface area contributed by atoms with Crippen molar-refractivity contribution >= 4 is 49.9 Å². The molecule has 3 N–H and O–H groups in total. The first kappa shape index (κ1) is 20.0. The van der Waals surface area contributed by atoms with Gasteiger partial charge in [-0.3, -0.25) is 4.79 Å². The number of benzene rings is 1. The molecule has 31 heavy (non-hydrogen) atoms. The van der Waals surface area contributed by atoms with Crippen molar-refractivity contribution < 1.29 is 4.79 Å². The largest absolute Gasteiger partial charge is 0.361 e. The lowest BCUT2D eigenvalue weighted by molar-refractivity contribution is 0.0915. The van der Waals surface area contributed by atoms with Crippen LogP contribution in [0, 0.1) is 0 Å². The Labute approximate surface area is 184 Å². The maximum absolute atomic E-state index is 12.9. The molecular weight excluding hydrogens is 408 g/mol. The predicted octanol–water partition coefficient (Wildman–Crippen LogP) is 4.52.